The lowest BCUT2D eigenvalue weighted by Crippen LogP contribution is -2.41. The molecule has 1 aliphatic heterocycles. The molecule has 1 aliphatic carbocycles. The van der Waals surface area contributed by atoms with Gasteiger partial charge < -0.3 is 9.47 Å². The second kappa shape index (κ2) is 10.6. The van der Waals surface area contributed by atoms with Crippen LogP contribution < -0.4 is 0 Å². The molecule has 0 N–H and O–H groups in total. The molecule has 180 valence electrons. The molecule has 0 bridgehead atoms. The largest absolute Gasteiger partial charge is 0.345 e. The molecule has 0 aromatic heterocycles. The first-order valence-electron chi connectivity index (χ1n) is 12.4. The minimum atomic E-state index is -1.44. The van der Waals surface area contributed by atoms with Gasteiger partial charge in [0.25, 0.3) is 0 Å². The molecule has 0 atom stereocenters. The quantitative estimate of drug-likeness (QED) is 0.414. The van der Waals surface area contributed by atoms with Crippen molar-refractivity contribution in [2.75, 3.05) is 13.2 Å². The van der Waals surface area contributed by atoms with E-state index in [2.05, 4.69) is 6.92 Å². The van der Waals surface area contributed by atoms with Crippen molar-refractivity contribution in [3.05, 3.63) is 59.2 Å². The van der Waals surface area contributed by atoms with Gasteiger partial charge in [0.15, 0.2) is 23.6 Å². The molecular formula is C28H35F3O2. The van der Waals surface area contributed by atoms with Crippen LogP contribution in [0.25, 0.3) is 11.1 Å². The van der Waals surface area contributed by atoms with Crippen LogP contribution in [0.4, 0.5) is 13.2 Å². The standard InChI is InChI=1S/C28H35F3O2/c1-3-5-19-6-8-20(9-7-19)23-14-15-24(26(30)25(23)29)21-10-12-22(13-11-21)27-32-17-28(31,16-4-2)18-33-27/h10-15,19-20,27H,3-9,16-18H2,1-2H3. The summed E-state index contributed by atoms with van der Waals surface area (Å²) >= 11 is 0. The summed E-state index contributed by atoms with van der Waals surface area (Å²) in [5.74, 6) is -0.686. The van der Waals surface area contributed by atoms with Gasteiger partial charge in [-0.15, -0.1) is 0 Å². The van der Waals surface area contributed by atoms with Gasteiger partial charge in [0.2, 0.25) is 0 Å². The summed E-state index contributed by atoms with van der Waals surface area (Å²) < 4.78 is 55.8. The predicted molar refractivity (Wildman–Crippen MR) is 125 cm³/mol. The minimum Gasteiger partial charge on any atom is -0.345 e. The maximum Gasteiger partial charge on any atom is 0.184 e. The summed E-state index contributed by atoms with van der Waals surface area (Å²) in [6.45, 7) is 4.12. The monoisotopic (exact) mass is 460 g/mol. The van der Waals surface area contributed by atoms with Gasteiger partial charge in [-0.25, -0.2) is 13.2 Å². The van der Waals surface area contributed by atoms with E-state index < -0.39 is 23.6 Å². The van der Waals surface area contributed by atoms with Gasteiger partial charge in [-0.05, 0) is 55.1 Å². The molecule has 2 aromatic carbocycles. The zero-order valence-electron chi connectivity index (χ0n) is 19.7. The molecule has 2 nitrogen and oxygen atoms in total. The highest BCUT2D eigenvalue weighted by Gasteiger charge is 2.36. The maximum absolute atomic E-state index is 15.0. The lowest BCUT2D eigenvalue weighted by molar-refractivity contribution is -0.238. The van der Waals surface area contributed by atoms with Crippen molar-refractivity contribution in [2.45, 2.75) is 83.1 Å². The second-order valence-corrected chi connectivity index (χ2v) is 9.81. The fourth-order valence-electron chi connectivity index (χ4n) is 5.42. The van der Waals surface area contributed by atoms with Crippen LogP contribution in [0.15, 0.2) is 36.4 Å². The zero-order valence-corrected chi connectivity index (χ0v) is 19.7. The van der Waals surface area contributed by atoms with Gasteiger partial charge in [-0.3, -0.25) is 0 Å². The Morgan fingerprint density at radius 2 is 1.52 bits per heavy atom. The molecule has 33 heavy (non-hydrogen) atoms. The summed E-state index contributed by atoms with van der Waals surface area (Å²) in [7, 11) is 0. The molecule has 0 spiro atoms. The summed E-state index contributed by atoms with van der Waals surface area (Å²) in [6, 6.07) is 10.5. The van der Waals surface area contributed by atoms with E-state index in [0.717, 1.165) is 43.6 Å². The first kappa shape index (κ1) is 24.3. The van der Waals surface area contributed by atoms with E-state index in [4.69, 9.17) is 9.47 Å². The number of alkyl halides is 1. The fourth-order valence-corrected chi connectivity index (χ4v) is 5.42. The molecule has 1 heterocycles. The SMILES string of the molecule is CCCC1CCC(c2ccc(-c3ccc(C4OCC(F)(CCC)CO4)cc3)c(F)c2F)CC1. The van der Waals surface area contributed by atoms with E-state index in [1.54, 1.807) is 36.4 Å². The molecule has 2 aliphatic rings. The summed E-state index contributed by atoms with van der Waals surface area (Å²) in [5, 5.41) is 0. The second-order valence-electron chi connectivity index (χ2n) is 9.81. The number of benzene rings is 2. The van der Waals surface area contributed by atoms with E-state index in [1.807, 2.05) is 6.92 Å². The average Bonchev–Trinajstić information content (AvgIpc) is 2.82. The van der Waals surface area contributed by atoms with Crippen molar-refractivity contribution < 1.29 is 22.6 Å². The fraction of sp³-hybridized carbons (Fsp3) is 0.571. The number of hydrogen-bond donors (Lipinski definition) is 0. The number of rotatable bonds is 7. The Bertz CT molecular complexity index is 911. The molecular weight excluding hydrogens is 425 g/mol. The Kier molecular flexibility index (Phi) is 7.80. The van der Waals surface area contributed by atoms with Crippen molar-refractivity contribution in [1.29, 1.82) is 0 Å². The number of ether oxygens (including phenoxy) is 2. The van der Waals surface area contributed by atoms with E-state index in [1.165, 1.54) is 12.8 Å². The summed E-state index contributed by atoms with van der Waals surface area (Å²) in [5.41, 5.74) is 0.643. The van der Waals surface area contributed by atoms with Crippen molar-refractivity contribution in [1.82, 2.24) is 0 Å². The molecule has 4 rings (SSSR count). The first-order chi connectivity index (χ1) is 15.9. The average molecular weight is 461 g/mol. The topological polar surface area (TPSA) is 18.5 Å². The van der Waals surface area contributed by atoms with Gasteiger partial charge in [0, 0.05) is 11.1 Å². The van der Waals surface area contributed by atoms with Crippen LogP contribution in [0.1, 0.15) is 88.5 Å². The Hall–Kier alpha value is -1.85. The van der Waals surface area contributed by atoms with Crippen molar-refractivity contribution in [3.8, 4) is 11.1 Å². The highest BCUT2D eigenvalue weighted by Crippen LogP contribution is 2.40. The Labute approximate surface area is 195 Å². The Balaban J connectivity index is 1.44. The molecule has 5 heteroatoms. The van der Waals surface area contributed by atoms with Crippen molar-refractivity contribution >= 4 is 0 Å². The van der Waals surface area contributed by atoms with Crippen LogP contribution >= 0.6 is 0 Å². The molecule has 1 saturated carbocycles. The van der Waals surface area contributed by atoms with Crippen molar-refractivity contribution in [2.24, 2.45) is 5.92 Å². The van der Waals surface area contributed by atoms with E-state index in [-0.39, 0.29) is 24.7 Å². The molecule has 2 fully saturated rings. The predicted octanol–water partition coefficient (Wildman–Crippen LogP) is 8.26. The molecule has 1 saturated heterocycles. The van der Waals surface area contributed by atoms with Gasteiger partial charge >= 0.3 is 0 Å². The molecule has 0 radical (unpaired) electrons. The Morgan fingerprint density at radius 1 is 0.848 bits per heavy atom. The molecule has 0 unspecified atom stereocenters. The van der Waals surface area contributed by atoms with Crippen LogP contribution in [0.2, 0.25) is 0 Å². The van der Waals surface area contributed by atoms with Crippen LogP contribution in [-0.4, -0.2) is 18.9 Å². The lowest BCUT2D eigenvalue weighted by atomic mass is 9.77. The number of halogens is 3. The van der Waals surface area contributed by atoms with Crippen LogP contribution in [0, 0.1) is 17.6 Å². The summed E-state index contributed by atoms with van der Waals surface area (Å²) in [6.07, 6.45) is 6.93. The molecule has 2 aromatic rings. The van der Waals surface area contributed by atoms with Gasteiger partial charge in [-0.1, -0.05) is 69.5 Å². The smallest absolute Gasteiger partial charge is 0.184 e. The van der Waals surface area contributed by atoms with Crippen LogP contribution in [0.5, 0.6) is 0 Å². The van der Waals surface area contributed by atoms with Gasteiger partial charge in [0.1, 0.15) is 0 Å². The third kappa shape index (κ3) is 5.46. The zero-order chi connectivity index (χ0) is 23.4. The highest BCUT2D eigenvalue weighted by atomic mass is 19.2. The van der Waals surface area contributed by atoms with Gasteiger partial charge in [-0.2, -0.15) is 0 Å². The normalized spacial score (nSPS) is 28.1. The van der Waals surface area contributed by atoms with E-state index >= 15 is 8.78 Å². The molecule has 0 amide bonds. The number of hydrogen-bond acceptors (Lipinski definition) is 2. The first-order valence-corrected chi connectivity index (χ1v) is 12.4. The summed E-state index contributed by atoms with van der Waals surface area (Å²) in [4.78, 5) is 0. The third-order valence-electron chi connectivity index (χ3n) is 7.27. The minimum absolute atomic E-state index is 0.00504. The van der Waals surface area contributed by atoms with Crippen LogP contribution in [-0.2, 0) is 9.47 Å². The third-order valence-corrected chi connectivity index (χ3v) is 7.27. The van der Waals surface area contributed by atoms with E-state index in [0.29, 0.717) is 17.5 Å². The van der Waals surface area contributed by atoms with Crippen molar-refractivity contribution in [3.63, 3.8) is 0 Å². The van der Waals surface area contributed by atoms with Gasteiger partial charge in [0.05, 0.1) is 13.2 Å². The maximum atomic E-state index is 15.0. The van der Waals surface area contributed by atoms with E-state index in [9.17, 15) is 4.39 Å². The highest BCUT2D eigenvalue weighted by molar-refractivity contribution is 5.65. The Morgan fingerprint density at radius 3 is 2.12 bits per heavy atom. The lowest BCUT2D eigenvalue weighted by Gasteiger charge is -2.34. The van der Waals surface area contributed by atoms with Crippen LogP contribution in [0.3, 0.4) is 0 Å².